The fraction of sp³-hybridized carbons (Fsp3) is 0.308. The van der Waals surface area contributed by atoms with Gasteiger partial charge in [-0.2, -0.15) is 0 Å². The lowest BCUT2D eigenvalue weighted by molar-refractivity contribution is 0.475. The predicted octanol–water partition coefficient (Wildman–Crippen LogP) is 2.58. The molecule has 1 heterocycles. The molecule has 0 radical (unpaired) electrons. The number of aromatic amines is 1. The molecule has 1 unspecified atom stereocenters. The first-order valence-corrected chi connectivity index (χ1v) is 5.88. The van der Waals surface area contributed by atoms with Crippen LogP contribution in [0, 0.1) is 11.6 Å². The first-order chi connectivity index (χ1) is 8.72. The number of imidazole rings is 1. The first-order valence-electron chi connectivity index (χ1n) is 5.88. The number of nitrogens with one attached hydrogen (secondary N) is 2. The van der Waals surface area contributed by atoms with E-state index in [1.54, 1.807) is 18.5 Å². The zero-order chi connectivity index (χ0) is 13.0. The van der Waals surface area contributed by atoms with Gasteiger partial charge in [-0.05, 0) is 24.6 Å². The fourth-order valence-corrected chi connectivity index (χ4v) is 1.91. The Morgan fingerprint density at radius 2 is 2.22 bits per heavy atom. The fourth-order valence-electron chi connectivity index (χ4n) is 1.91. The Labute approximate surface area is 104 Å². The molecule has 0 aliphatic rings. The van der Waals surface area contributed by atoms with Crippen LogP contribution in [0.5, 0.6) is 0 Å². The Hall–Kier alpha value is -1.75. The Balaban J connectivity index is 2.21. The van der Waals surface area contributed by atoms with E-state index in [1.807, 2.05) is 6.92 Å². The third kappa shape index (κ3) is 2.73. The molecule has 3 nitrogen and oxygen atoms in total. The lowest BCUT2D eigenvalue weighted by Crippen LogP contribution is -2.24. The van der Waals surface area contributed by atoms with Crippen LogP contribution in [0.15, 0.2) is 30.6 Å². The van der Waals surface area contributed by atoms with Crippen molar-refractivity contribution < 1.29 is 8.78 Å². The summed E-state index contributed by atoms with van der Waals surface area (Å²) in [5.74, 6) is -0.880. The molecule has 5 heteroatoms. The summed E-state index contributed by atoms with van der Waals surface area (Å²) in [6.45, 7) is 2.68. The number of H-pyrrole nitrogens is 1. The summed E-state index contributed by atoms with van der Waals surface area (Å²) in [5.41, 5.74) is 0.345. The summed E-state index contributed by atoms with van der Waals surface area (Å²) in [7, 11) is 0. The van der Waals surface area contributed by atoms with Gasteiger partial charge in [-0.25, -0.2) is 13.8 Å². The Morgan fingerprint density at radius 1 is 1.39 bits per heavy atom. The van der Waals surface area contributed by atoms with Crippen molar-refractivity contribution in [3.63, 3.8) is 0 Å². The number of rotatable bonds is 5. The first kappa shape index (κ1) is 12.7. The lowest BCUT2D eigenvalue weighted by atomic mass is 10.0. The van der Waals surface area contributed by atoms with Crippen molar-refractivity contribution in [1.29, 1.82) is 0 Å². The smallest absolute Gasteiger partial charge is 0.162 e. The van der Waals surface area contributed by atoms with Gasteiger partial charge < -0.3 is 10.3 Å². The van der Waals surface area contributed by atoms with E-state index in [1.165, 1.54) is 6.07 Å². The topological polar surface area (TPSA) is 40.7 Å². The van der Waals surface area contributed by atoms with Crippen molar-refractivity contribution in [2.24, 2.45) is 0 Å². The van der Waals surface area contributed by atoms with Crippen LogP contribution >= 0.6 is 0 Å². The molecule has 0 aliphatic heterocycles. The number of aromatic nitrogens is 2. The molecule has 0 bridgehead atoms. The summed E-state index contributed by atoms with van der Waals surface area (Å²) in [6, 6.07) is 4.07. The summed E-state index contributed by atoms with van der Waals surface area (Å²) < 4.78 is 26.7. The lowest BCUT2D eigenvalue weighted by Gasteiger charge is -2.16. The van der Waals surface area contributed by atoms with E-state index >= 15 is 0 Å². The number of nitrogens with zero attached hydrogens (tertiary/aromatic N) is 1. The molecule has 1 atom stereocenters. The van der Waals surface area contributed by atoms with Gasteiger partial charge in [0.1, 0.15) is 5.82 Å². The molecule has 0 saturated carbocycles. The summed E-state index contributed by atoms with van der Waals surface area (Å²) in [6.07, 6.45) is 3.70. The maximum atomic E-state index is 13.6. The minimum Gasteiger partial charge on any atom is -0.347 e. The molecule has 0 amide bonds. The molecule has 0 saturated heterocycles. The molecular formula is C13H15F2N3. The highest BCUT2D eigenvalue weighted by Gasteiger charge is 2.17. The zero-order valence-corrected chi connectivity index (χ0v) is 10.1. The van der Waals surface area contributed by atoms with E-state index in [2.05, 4.69) is 15.3 Å². The second-order valence-corrected chi connectivity index (χ2v) is 4.00. The summed E-state index contributed by atoms with van der Waals surface area (Å²) >= 11 is 0. The van der Waals surface area contributed by atoms with Gasteiger partial charge in [0.2, 0.25) is 0 Å². The van der Waals surface area contributed by atoms with Gasteiger partial charge >= 0.3 is 0 Å². The van der Waals surface area contributed by atoms with E-state index in [0.717, 1.165) is 18.4 Å². The summed E-state index contributed by atoms with van der Waals surface area (Å²) in [4.78, 5) is 7.14. The van der Waals surface area contributed by atoms with Crippen LogP contribution < -0.4 is 5.32 Å². The monoisotopic (exact) mass is 251 g/mol. The van der Waals surface area contributed by atoms with Gasteiger partial charge in [0.15, 0.2) is 11.6 Å². The minimum absolute atomic E-state index is 0.152. The number of likely N-dealkylation sites (N-methyl/N-ethyl adjacent to an activating group) is 1. The molecule has 0 fully saturated rings. The molecule has 1 aromatic heterocycles. The largest absolute Gasteiger partial charge is 0.347 e. The second-order valence-electron chi connectivity index (χ2n) is 4.00. The molecular weight excluding hydrogens is 236 g/mol. The van der Waals surface area contributed by atoms with E-state index in [4.69, 9.17) is 0 Å². The van der Waals surface area contributed by atoms with Crippen LogP contribution in [-0.4, -0.2) is 16.5 Å². The number of benzene rings is 1. The third-order valence-electron chi connectivity index (χ3n) is 2.76. The number of hydrogen-bond acceptors (Lipinski definition) is 2. The van der Waals surface area contributed by atoms with Crippen molar-refractivity contribution in [1.82, 2.24) is 15.3 Å². The maximum Gasteiger partial charge on any atom is 0.162 e. The van der Waals surface area contributed by atoms with Crippen molar-refractivity contribution in [2.45, 2.75) is 19.4 Å². The molecule has 2 aromatic rings. The number of hydrogen-bond donors (Lipinski definition) is 2. The summed E-state index contributed by atoms with van der Waals surface area (Å²) in [5, 5.41) is 3.20. The zero-order valence-electron chi connectivity index (χ0n) is 10.1. The van der Waals surface area contributed by atoms with Gasteiger partial charge in [0, 0.05) is 12.4 Å². The number of halogens is 2. The van der Waals surface area contributed by atoms with Gasteiger partial charge in [-0.15, -0.1) is 0 Å². The van der Waals surface area contributed by atoms with Crippen LogP contribution in [0.25, 0.3) is 0 Å². The van der Waals surface area contributed by atoms with Crippen molar-refractivity contribution in [3.8, 4) is 0 Å². The standard InChI is InChI=1S/C13H15F2N3/c1-2-16-11(13-17-6-7-18-13)8-9-4-3-5-10(14)12(9)15/h3-7,11,16H,2,8H2,1H3,(H,17,18). The molecule has 96 valence electrons. The van der Waals surface area contributed by atoms with Crippen LogP contribution in [0.1, 0.15) is 24.4 Å². The SMILES string of the molecule is CCNC(Cc1cccc(F)c1F)c1ncc[nH]1. The van der Waals surface area contributed by atoms with Crippen LogP contribution in [0.4, 0.5) is 8.78 Å². The van der Waals surface area contributed by atoms with E-state index in [-0.39, 0.29) is 6.04 Å². The third-order valence-corrected chi connectivity index (χ3v) is 2.76. The second kappa shape index (κ2) is 5.73. The molecule has 0 spiro atoms. The van der Waals surface area contributed by atoms with E-state index in [0.29, 0.717) is 12.0 Å². The molecule has 2 rings (SSSR count). The van der Waals surface area contributed by atoms with Crippen LogP contribution in [-0.2, 0) is 6.42 Å². The van der Waals surface area contributed by atoms with Gasteiger partial charge in [0.25, 0.3) is 0 Å². The van der Waals surface area contributed by atoms with Crippen molar-refractivity contribution >= 4 is 0 Å². The molecule has 2 N–H and O–H groups in total. The van der Waals surface area contributed by atoms with Gasteiger partial charge in [-0.3, -0.25) is 0 Å². The highest BCUT2D eigenvalue weighted by molar-refractivity contribution is 5.21. The molecule has 1 aromatic carbocycles. The Bertz CT molecular complexity index is 497. The highest BCUT2D eigenvalue weighted by Crippen LogP contribution is 2.19. The highest BCUT2D eigenvalue weighted by atomic mass is 19.2. The quantitative estimate of drug-likeness (QED) is 0.857. The van der Waals surface area contributed by atoms with E-state index in [9.17, 15) is 8.78 Å². The average Bonchev–Trinajstić information content (AvgIpc) is 2.88. The van der Waals surface area contributed by atoms with E-state index < -0.39 is 11.6 Å². The predicted molar refractivity (Wildman–Crippen MR) is 65.1 cm³/mol. The Kier molecular flexibility index (Phi) is 4.04. The van der Waals surface area contributed by atoms with Crippen molar-refractivity contribution in [2.75, 3.05) is 6.54 Å². The maximum absolute atomic E-state index is 13.6. The van der Waals surface area contributed by atoms with Crippen LogP contribution in [0.3, 0.4) is 0 Å². The average molecular weight is 251 g/mol. The minimum atomic E-state index is -0.817. The molecule has 18 heavy (non-hydrogen) atoms. The van der Waals surface area contributed by atoms with Crippen molar-refractivity contribution in [3.05, 3.63) is 53.6 Å². The molecule has 0 aliphatic carbocycles. The van der Waals surface area contributed by atoms with Gasteiger partial charge in [-0.1, -0.05) is 19.1 Å². The Morgan fingerprint density at radius 3 is 2.89 bits per heavy atom. The normalized spacial score (nSPS) is 12.6. The van der Waals surface area contributed by atoms with Crippen LogP contribution in [0.2, 0.25) is 0 Å². The van der Waals surface area contributed by atoms with Gasteiger partial charge in [0.05, 0.1) is 6.04 Å².